The Balaban J connectivity index is 2.97. The Kier molecular flexibility index (Phi) is 7.41. The highest BCUT2D eigenvalue weighted by Gasteiger charge is 2.02. The zero-order valence-corrected chi connectivity index (χ0v) is 12.4. The van der Waals surface area contributed by atoms with Gasteiger partial charge in [0.1, 0.15) is 0 Å². The van der Waals surface area contributed by atoms with Gasteiger partial charge in [0.2, 0.25) is 0 Å². The van der Waals surface area contributed by atoms with Crippen LogP contribution in [0.4, 0.5) is 0 Å². The van der Waals surface area contributed by atoms with Crippen molar-refractivity contribution in [1.29, 1.82) is 0 Å². The molecule has 1 rings (SSSR count). The highest BCUT2D eigenvalue weighted by molar-refractivity contribution is 5.71. The highest BCUT2D eigenvalue weighted by atomic mass is 16.4. The largest absolute Gasteiger partial charge is 0.481 e. The van der Waals surface area contributed by atoms with Crippen LogP contribution in [0.25, 0.3) is 12.2 Å². The summed E-state index contributed by atoms with van der Waals surface area (Å²) in [4.78, 5) is 10.9. The predicted molar refractivity (Wildman–Crippen MR) is 85.7 cm³/mol. The van der Waals surface area contributed by atoms with Gasteiger partial charge in [-0.05, 0) is 35.6 Å². The van der Waals surface area contributed by atoms with Gasteiger partial charge in [-0.25, -0.2) is 0 Å². The molecule has 2 heteroatoms. The maximum Gasteiger partial charge on any atom is 0.307 e. The molecular weight excluding hydrogens is 248 g/mol. The second-order valence-corrected chi connectivity index (χ2v) is 4.96. The van der Waals surface area contributed by atoms with Crippen molar-refractivity contribution >= 4 is 18.1 Å². The Morgan fingerprint density at radius 3 is 1.90 bits per heavy atom. The number of hydrogen-bond donors (Lipinski definition) is 1. The van der Waals surface area contributed by atoms with Gasteiger partial charge in [-0.15, -0.1) is 0 Å². The van der Waals surface area contributed by atoms with Gasteiger partial charge in [0, 0.05) is 0 Å². The van der Waals surface area contributed by atoms with Crippen LogP contribution < -0.4 is 0 Å². The topological polar surface area (TPSA) is 37.3 Å². The summed E-state index contributed by atoms with van der Waals surface area (Å²) in [5.74, 6) is -0.789. The maximum absolute atomic E-state index is 10.9. The maximum atomic E-state index is 10.9. The SMILES string of the molecule is CCC/C=C/c1cc(/C=C/CCC)cc(CC(=O)O)c1. The summed E-state index contributed by atoms with van der Waals surface area (Å²) >= 11 is 0. The normalized spacial score (nSPS) is 11.5. The first kappa shape index (κ1) is 16.2. The van der Waals surface area contributed by atoms with Crippen molar-refractivity contribution in [3.05, 3.63) is 47.0 Å². The van der Waals surface area contributed by atoms with E-state index >= 15 is 0 Å². The monoisotopic (exact) mass is 272 g/mol. The fourth-order valence-electron chi connectivity index (χ4n) is 1.99. The lowest BCUT2D eigenvalue weighted by molar-refractivity contribution is -0.136. The zero-order chi connectivity index (χ0) is 14.8. The second-order valence-electron chi connectivity index (χ2n) is 4.96. The molecule has 0 bridgehead atoms. The quantitative estimate of drug-likeness (QED) is 0.727. The van der Waals surface area contributed by atoms with Gasteiger partial charge in [-0.3, -0.25) is 4.79 Å². The Morgan fingerprint density at radius 1 is 1.00 bits per heavy atom. The number of carboxylic acid groups (broad SMARTS) is 1. The van der Waals surface area contributed by atoms with E-state index in [9.17, 15) is 4.79 Å². The molecular formula is C18H24O2. The number of benzene rings is 1. The Bertz CT molecular complexity index is 450. The van der Waals surface area contributed by atoms with Crippen molar-refractivity contribution in [2.45, 2.75) is 46.0 Å². The van der Waals surface area contributed by atoms with Crippen LogP contribution in [0.15, 0.2) is 30.4 Å². The lowest BCUT2D eigenvalue weighted by atomic mass is 10.0. The van der Waals surface area contributed by atoms with Crippen LogP contribution in [-0.2, 0) is 11.2 Å². The molecule has 1 aromatic carbocycles. The lowest BCUT2D eigenvalue weighted by Crippen LogP contribution is -2.00. The minimum absolute atomic E-state index is 0.0735. The van der Waals surface area contributed by atoms with Gasteiger partial charge in [0.15, 0.2) is 0 Å². The van der Waals surface area contributed by atoms with Crippen LogP contribution in [0.5, 0.6) is 0 Å². The number of hydrogen-bond acceptors (Lipinski definition) is 1. The number of unbranched alkanes of at least 4 members (excludes halogenated alkanes) is 2. The number of allylic oxidation sites excluding steroid dienone is 2. The number of rotatable bonds is 8. The molecule has 0 saturated heterocycles. The van der Waals surface area contributed by atoms with Crippen LogP contribution in [0, 0.1) is 0 Å². The number of carbonyl (C=O) groups is 1. The molecule has 0 unspecified atom stereocenters. The molecule has 0 aromatic heterocycles. The van der Waals surface area contributed by atoms with Crippen molar-refractivity contribution in [3.63, 3.8) is 0 Å². The molecule has 2 nitrogen and oxygen atoms in total. The van der Waals surface area contributed by atoms with E-state index in [0.717, 1.165) is 42.4 Å². The van der Waals surface area contributed by atoms with E-state index in [-0.39, 0.29) is 6.42 Å². The van der Waals surface area contributed by atoms with Gasteiger partial charge in [0.05, 0.1) is 6.42 Å². The van der Waals surface area contributed by atoms with Crippen molar-refractivity contribution in [1.82, 2.24) is 0 Å². The van der Waals surface area contributed by atoms with Gasteiger partial charge < -0.3 is 5.11 Å². The highest BCUT2D eigenvalue weighted by Crippen LogP contribution is 2.15. The molecule has 1 N–H and O–H groups in total. The van der Waals surface area contributed by atoms with Gasteiger partial charge in [0.25, 0.3) is 0 Å². The zero-order valence-electron chi connectivity index (χ0n) is 12.4. The summed E-state index contributed by atoms with van der Waals surface area (Å²) in [6.07, 6.45) is 12.8. The minimum Gasteiger partial charge on any atom is -0.481 e. The molecule has 0 radical (unpaired) electrons. The summed E-state index contributed by atoms with van der Waals surface area (Å²) in [7, 11) is 0. The molecule has 0 saturated carbocycles. The standard InChI is InChI=1S/C18H24O2/c1-3-5-7-9-15-11-16(10-8-6-4-2)13-17(12-15)14-18(19)20/h7-13H,3-6,14H2,1-2H3,(H,19,20)/b9-7+,10-8+. The van der Waals surface area contributed by atoms with Crippen LogP contribution in [0.3, 0.4) is 0 Å². The first-order valence-electron chi connectivity index (χ1n) is 7.34. The number of aliphatic carboxylic acids is 1. The van der Waals surface area contributed by atoms with E-state index in [2.05, 4.69) is 44.2 Å². The summed E-state index contributed by atoms with van der Waals surface area (Å²) < 4.78 is 0. The molecule has 0 spiro atoms. The Hall–Kier alpha value is -1.83. The van der Waals surface area contributed by atoms with Gasteiger partial charge in [-0.1, -0.05) is 63.1 Å². The van der Waals surface area contributed by atoms with E-state index in [1.54, 1.807) is 0 Å². The molecule has 0 atom stereocenters. The average molecular weight is 272 g/mol. The first-order valence-corrected chi connectivity index (χ1v) is 7.34. The van der Waals surface area contributed by atoms with Crippen molar-refractivity contribution in [2.75, 3.05) is 0 Å². The third-order valence-corrected chi connectivity index (χ3v) is 2.92. The van der Waals surface area contributed by atoms with Crippen molar-refractivity contribution < 1.29 is 9.90 Å². The Labute approximate surface area is 121 Å². The van der Waals surface area contributed by atoms with E-state index in [4.69, 9.17) is 5.11 Å². The van der Waals surface area contributed by atoms with Gasteiger partial charge >= 0.3 is 5.97 Å². The van der Waals surface area contributed by atoms with Crippen LogP contribution in [0.1, 0.15) is 56.2 Å². The van der Waals surface area contributed by atoms with Gasteiger partial charge in [-0.2, -0.15) is 0 Å². The Morgan fingerprint density at radius 2 is 1.50 bits per heavy atom. The minimum atomic E-state index is -0.789. The van der Waals surface area contributed by atoms with Crippen molar-refractivity contribution in [3.8, 4) is 0 Å². The van der Waals surface area contributed by atoms with E-state index in [0.29, 0.717) is 0 Å². The van der Waals surface area contributed by atoms with Crippen LogP contribution in [0.2, 0.25) is 0 Å². The fraction of sp³-hybridized carbons (Fsp3) is 0.389. The predicted octanol–water partition coefficient (Wildman–Crippen LogP) is 4.94. The molecule has 0 aliphatic heterocycles. The molecule has 0 aliphatic carbocycles. The molecule has 108 valence electrons. The molecule has 0 fully saturated rings. The second kappa shape index (κ2) is 9.13. The summed E-state index contributed by atoms with van der Waals surface area (Å²) in [6.45, 7) is 4.29. The van der Waals surface area contributed by atoms with E-state index in [1.165, 1.54) is 0 Å². The summed E-state index contributed by atoms with van der Waals surface area (Å²) in [5.41, 5.74) is 3.01. The van der Waals surface area contributed by atoms with Crippen LogP contribution >= 0.6 is 0 Å². The third-order valence-electron chi connectivity index (χ3n) is 2.92. The average Bonchev–Trinajstić information content (AvgIpc) is 2.38. The molecule has 20 heavy (non-hydrogen) atoms. The first-order chi connectivity index (χ1) is 9.65. The molecule has 1 aromatic rings. The molecule has 0 amide bonds. The fourth-order valence-corrected chi connectivity index (χ4v) is 1.99. The number of carboxylic acids is 1. The summed E-state index contributed by atoms with van der Waals surface area (Å²) in [6, 6.07) is 6.01. The summed E-state index contributed by atoms with van der Waals surface area (Å²) in [5, 5.41) is 8.94. The van der Waals surface area contributed by atoms with E-state index < -0.39 is 5.97 Å². The lowest BCUT2D eigenvalue weighted by Gasteiger charge is -2.04. The van der Waals surface area contributed by atoms with E-state index in [1.807, 2.05) is 12.1 Å². The van der Waals surface area contributed by atoms with Crippen molar-refractivity contribution in [2.24, 2.45) is 0 Å². The third kappa shape index (κ3) is 6.37. The smallest absolute Gasteiger partial charge is 0.307 e. The van der Waals surface area contributed by atoms with Crippen LogP contribution in [-0.4, -0.2) is 11.1 Å². The molecule has 0 aliphatic rings. The molecule has 0 heterocycles.